The fourth-order valence-corrected chi connectivity index (χ4v) is 3.26. The highest BCUT2D eigenvalue weighted by molar-refractivity contribution is 5.77. The maximum absolute atomic E-state index is 12.7. The van der Waals surface area contributed by atoms with E-state index in [2.05, 4.69) is 6.92 Å². The highest BCUT2D eigenvalue weighted by atomic mass is 16.5. The van der Waals surface area contributed by atoms with E-state index in [1.165, 1.54) is 6.42 Å². The van der Waals surface area contributed by atoms with Gasteiger partial charge in [0.25, 0.3) is 0 Å². The van der Waals surface area contributed by atoms with E-state index in [1.54, 1.807) is 14.2 Å². The molecule has 22 heavy (non-hydrogen) atoms. The highest BCUT2D eigenvalue weighted by Crippen LogP contribution is 2.30. The SMILES string of the molecule is COC[C@H]1CCCCN1C(=O)C[C@H](C)c1ccccc1OC. The third kappa shape index (κ3) is 4.01. The normalized spacial score (nSPS) is 19.8. The predicted octanol–water partition coefficient (Wildman–Crippen LogP) is 3.22. The third-order valence-electron chi connectivity index (χ3n) is 4.46. The maximum atomic E-state index is 12.7. The largest absolute Gasteiger partial charge is 0.496 e. The van der Waals surface area contributed by atoms with Gasteiger partial charge in [0, 0.05) is 20.1 Å². The molecule has 1 saturated heterocycles. The molecular formula is C18H27NO3. The van der Waals surface area contributed by atoms with E-state index in [4.69, 9.17) is 9.47 Å². The van der Waals surface area contributed by atoms with Crippen LogP contribution in [0.5, 0.6) is 5.75 Å². The minimum Gasteiger partial charge on any atom is -0.496 e. The molecule has 4 nitrogen and oxygen atoms in total. The number of hydrogen-bond donors (Lipinski definition) is 0. The Hall–Kier alpha value is -1.55. The molecule has 1 heterocycles. The number of piperidine rings is 1. The Morgan fingerprint density at radius 1 is 1.32 bits per heavy atom. The average molecular weight is 305 g/mol. The van der Waals surface area contributed by atoms with Crippen molar-refractivity contribution in [2.75, 3.05) is 27.4 Å². The first-order chi connectivity index (χ1) is 10.7. The van der Waals surface area contributed by atoms with Gasteiger partial charge in [0.15, 0.2) is 0 Å². The van der Waals surface area contributed by atoms with Crippen molar-refractivity contribution in [1.82, 2.24) is 4.90 Å². The second kappa shape index (κ2) is 8.18. The standard InChI is InChI=1S/C18H27NO3/c1-14(16-9-4-5-10-17(16)22-3)12-18(20)19-11-7-6-8-15(19)13-21-2/h4-5,9-10,14-15H,6-8,11-13H2,1-3H3/t14-,15+/m0/s1. The second-order valence-electron chi connectivity index (χ2n) is 6.04. The van der Waals surface area contributed by atoms with Gasteiger partial charge >= 0.3 is 0 Å². The first-order valence-corrected chi connectivity index (χ1v) is 8.08. The summed E-state index contributed by atoms with van der Waals surface area (Å²) in [5.41, 5.74) is 1.10. The van der Waals surface area contributed by atoms with E-state index in [1.807, 2.05) is 29.2 Å². The summed E-state index contributed by atoms with van der Waals surface area (Å²) in [7, 11) is 3.38. The van der Waals surface area contributed by atoms with Crippen molar-refractivity contribution in [3.63, 3.8) is 0 Å². The van der Waals surface area contributed by atoms with Crippen LogP contribution in [0.3, 0.4) is 0 Å². The quantitative estimate of drug-likeness (QED) is 0.810. The monoisotopic (exact) mass is 305 g/mol. The third-order valence-corrected chi connectivity index (χ3v) is 4.46. The van der Waals surface area contributed by atoms with Crippen LogP contribution in [-0.2, 0) is 9.53 Å². The zero-order valence-corrected chi connectivity index (χ0v) is 13.9. The Kier molecular flexibility index (Phi) is 6.25. The van der Waals surface area contributed by atoms with Crippen molar-refractivity contribution in [2.45, 2.75) is 44.6 Å². The molecule has 1 aliphatic heterocycles. The van der Waals surface area contributed by atoms with Crippen molar-refractivity contribution in [3.05, 3.63) is 29.8 Å². The van der Waals surface area contributed by atoms with E-state index in [0.29, 0.717) is 13.0 Å². The molecule has 4 heteroatoms. The van der Waals surface area contributed by atoms with Crippen molar-refractivity contribution in [1.29, 1.82) is 0 Å². The lowest BCUT2D eigenvalue weighted by molar-refractivity contribution is -0.136. The smallest absolute Gasteiger partial charge is 0.223 e. The van der Waals surface area contributed by atoms with E-state index in [0.717, 1.165) is 30.7 Å². The van der Waals surface area contributed by atoms with E-state index in [-0.39, 0.29) is 17.9 Å². The van der Waals surface area contributed by atoms with Crippen LogP contribution in [0.1, 0.15) is 44.1 Å². The molecule has 0 unspecified atom stereocenters. The molecule has 1 aromatic carbocycles. The van der Waals surface area contributed by atoms with Gasteiger partial charge in [-0.1, -0.05) is 25.1 Å². The summed E-state index contributed by atoms with van der Waals surface area (Å²) in [6.45, 7) is 3.57. The van der Waals surface area contributed by atoms with Crippen molar-refractivity contribution in [2.24, 2.45) is 0 Å². The summed E-state index contributed by atoms with van der Waals surface area (Å²) in [5.74, 6) is 1.23. The van der Waals surface area contributed by atoms with Gasteiger partial charge in [0.2, 0.25) is 5.91 Å². The maximum Gasteiger partial charge on any atom is 0.223 e. The molecule has 2 rings (SSSR count). The predicted molar refractivity (Wildman–Crippen MR) is 87.3 cm³/mol. The molecule has 0 aromatic heterocycles. The number of hydrogen-bond acceptors (Lipinski definition) is 3. The van der Waals surface area contributed by atoms with Crippen LogP contribution in [0, 0.1) is 0 Å². The molecule has 2 atom stereocenters. The van der Waals surface area contributed by atoms with Crippen molar-refractivity contribution in [3.8, 4) is 5.75 Å². The molecule has 1 aliphatic rings. The summed E-state index contributed by atoms with van der Waals surface area (Å²) in [5, 5.41) is 0. The summed E-state index contributed by atoms with van der Waals surface area (Å²) in [6, 6.07) is 8.17. The average Bonchev–Trinajstić information content (AvgIpc) is 2.55. The highest BCUT2D eigenvalue weighted by Gasteiger charge is 2.28. The Morgan fingerprint density at radius 3 is 2.82 bits per heavy atom. The minimum absolute atomic E-state index is 0.147. The zero-order chi connectivity index (χ0) is 15.9. The number of carbonyl (C=O) groups is 1. The molecule has 0 N–H and O–H groups in total. The van der Waals surface area contributed by atoms with Gasteiger partial charge in [0.05, 0.1) is 19.8 Å². The molecule has 0 bridgehead atoms. The van der Waals surface area contributed by atoms with Crippen LogP contribution in [0.25, 0.3) is 0 Å². The molecule has 0 radical (unpaired) electrons. The van der Waals surface area contributed by atoms with E-state index >= 15 is 0 Å². The van der Waals surface area contributed by atoms with Gasteiger partial charge in [-0.3, -0.25) is 4.79 Å². The Bertz CT molecular complexity index is 487. The summed E-state index contributed by atoms with van der Waals surface area (Å²) < 4.78 is 10.7. The molecule has 1 aromatic rings. The number of likely N-dealkylation sites (tertiary alicyclic amines) is 1. The number of benzene rings is 1. The van der Waals surface area contributed by atoms with Crippen LogP contribution in [0.15, 0.2) is 24.3 Å². The number of rotatable bonds is 6. The van der Waals surface area contributed by atoms with Crippen LogP contribution < -0.4 is 4.74 Å². The molecule has 122 valence electrons. The lowest BCUT2D eigenvalue weighted by Gasteiger charge is -2.36. The Morgan fingerprint density at radius 2 is 2.09 bits per heavy atom. The van der Waals surface area contributed by atoms with Gasteiger partial charge in [-0.2, -0.15) is 0 Å². The van der Waals surface area contributed by atoms with Gasteiger partial charge in [-0.25, -0.2) is 0 Å². The molecule has 0 saturated carbocycles. The van der Waals surface area contributed by atoms with Gasteiger partial charge in [-0.15, -0.1) is 0 Å². The minimum atomic E-state index is 0.147. The van der Waals surface area contributed by atoms with Crippen LogP contribution in [-0.4, -0.2) is 44.2 Å². The molecular weight excluding hydrogens is 278 g/mol. The molecule has 0 spiro atoms. The number of carbonyl (C=O) groups excluding carboxylic acids is 1. The lowest BCUT2D eigenvalue weighted by atomic mass is 9.94. The summed E-state index contributed by atoms with van der Waals surface area (Å²) in [4.78, 5) is 14.7. The summed E-state index contributed by atoms with van der Waals surface area (Å²) >= 11 is 0. The first-order valence-electron chi connectivity index (χ1n) is 8.08. The van der Waals surface area contributed by atoms with Crippen LogP contribution in [0.2, 0.25) is 0 Å². The second-order valence-corrected chi connectivity index (χ2v) is 6.04. The molecule has 0 aliphatic carbocycles. The Labute approximate surface area is 133 Å². The summed E-state index contributed by atoms with van der Waals surface area (Å²) in [6.07, 6.45) is 3.83. The fourth-order valence-electron chi connectivity index (χ4n) is 3.26. The number of methoxy groups -OCH3 is 2. The van der Waals surface area contributed by atoms with Gasteiger partial charge in [0.1, 0.15) is 5.75 Å². The zero-order valence-electron chi connectivity index (χ0n) is 13.9. The number of para-hydroxylation sites is 1. The van der Waals surface area contributed by atoms with Crippen molar-refractivity contribution < 1.29 is 14.3 Å². The number of amides is 1. The Balaban J connectivity index is 2.03. The fraction of sp³-hybridized carbons (Fsp3) is 0.611. The van der Waals surface area contributed by atoms with Crippen LogP contribution in [0.4, 0.5) is 0 Å². The first kappa shape index (κ1) is 16.8. The lowest BCUT2D eigenvalue weighted by Crippen LogP contribution is -2.46. The molecule has 1 amide bonds. The topological polar surface area (TPSA) is 38.8 Å². The number of nitrogens with zero attached hydrogens (tertiary/aromatic N) is 1. The van der Waals surface area contributed by atoms with E-state index < -0.39 is 0 Å². The van der Waals surface area contributed by atoms with Gasteiger partial charge in [-0.05, 0) is 36.8 Å². The van der Waals surface area contributed by atoms with Crippen molar-refractivity contribution >= 4 is 5.91 Å². The van der Waals surface area contributed by atoms with E-state index in [9.17, 15) is 4.79 Å². The van der Waals surface area contributed by atoms with Gasteiger partial charge < -0.3 is 14.4 Å². The molecule has 1 fully saturated rings. The van der Waals surface area contributed by atoms with Crippen LogP contribution >= 0.6 is 0 Å². The number of ether oxygens (including phenoxy) is 2.